The van der Waals surface area contributed by atoms with Crippen LogP contribution in [-0.2, 0) is 20.3 Å². The number of rotatable bonds is 4. The summed E-state index contributed by atoms with van der Waals surface area (Å²) < 4.78 is 17.2. The first-order chi connectivity index (χ1) is 14.4. The Kier molecular flexibility index (Phi) is 5.20. The first-order valence-electron chi connectivity index (χ1n) is 9.91. The zero-order valence-corrected chi connectivity index (χ0v) is 17.4. The molecule has 162 valence electrons. The summed E-state index contributed by atoms with van der Waals surface area (Å²) in [5.74, 6) is 0.583. The second-order valence-electron chi connectivity index (χ2n) is 7.81. The van der Waals surface area contributed by atoms with Crippen LogP contribution in [-0.4, -0.2) is 72.4 Å². The van der Waals surface area contributed by atoms with Gasteiger partial charge in [0.2, 0.25) is 0 Å². The number of benzene rings is 1. The van der Waals surface area contributed by atoms with Gasteiger partial charge in [-0.3, -0.25) is 0 Å². The molecule has 7 N–H and O–H groups in total. The van der Waals surface area contributed by atoms with E-state index in [0.717, 1.165) is 5.56 Å². The molecular formula is C17H26BN6O5P. The molecule has 4 aliphatic heterocycles. The van der Waals surface area contributed by atoms with Crippen molar-refractivity contribution in [2.45, 2.75) is 43.5 Å². The number of nitrogens with zero attached hydrogens (tertiary/aromatic N) is 2. The predicted octanol–water partition coefficient (Wildman–Crippen LogP) is -2.41. The second kappa shape index (κ2) is 7.74. The Labute approximate surface area is 175 Å². The molecule has 6 atom stereocenters. The van der Waals surface area contributed by atoms with Gasteiger partial charge in [-0.2, -0.15) is 0 Å². The van der Waals surface area contributed by atoms with Crippen LogP contribution in [0.5, 0.6) is 0 Å². The van der Waals surface area contributed by atoms with E-state index >= 15 is 0 Å². The third-order valence-electron chi connectivity index (χ3n) is 5.60. The van der Waals surface area contributed by atoms with Gasteiger partial charge in [0.05, 0.1) is 0 Å². The van der Waals surface area contributed by atoms with Crippen LogP contribution in [0.25, 0.3) is 0 Å². The van der Waals surface area contributed by atoms with Gasteiger partial charge in [0.25, 0.3) is 0 Å². The summed E-state index contributed by atoms with van der Waals surface area (Å²) in [5.41, 5.74) is 7.99. The van der Waals surface area contributed by atoms with E-state index in [0.29, 0.717) is 18.1 Å². The Hall–Kier alpha value is -1.76. The Morgan fingerprint density at radius 3 is 2.97 bits per heavy atom. The number of nitrogens with one attached hydrogen (secondary N) is 3. The molecule has 5 rings (SSSR count). The van der Waals surface area contributed by atoms with Gasteiger partial charge in [-0.15, -0.1) is 0 Å². The fourth-order valence-corrected chi connectivity index (χ4v) is 5.49. The van der Waals surface area contributed by atoms with Crippen LogP contribution in [0.2, 0.25) is 0 Å². The number of aliphatic hydroxyl groups excluding tert-OH is 1. The molecular weight excluding hydrogens is 410 g/mol. The van der Waals surface area contributed by atoms with Crippen molar-refractivity contribution in [1.29, 1.82) is 0 Å². The van der Waals surface area contributed by atoms with Crippen LogP contribution in [0.4, 0.5) is 0 Å². The topological polar surface area (TPSA) is 146 Å². The van der Waals surface area contributed by atoms with Gasteiger partial charge >= 0.3 is 175 Å². The van der Waals surface area contributed by atoms with Gasteiger partial charge in [-0.1, -0.05) is 0 Å². The maximum atomic E-state index is 11.0. The van der Waals surface area contributed by atoms with Gasteiger partial charge in [-0.05, 0) is 0 Å². The van der Waals surface area contributed by atoms with Crippen LogP contribution < -0.4 is 21.7 Å². The van der Waals surface area contributed by atoms with E-state index in [-0.39, 0.29) is 6.61 Å². The molecule has 0 bridgehead atoms. The summed E-state index contributed by atoms with van der Waals surface area (Å²) in [7, 11) is -1.74. The number of fused-ring (bicyclic) bond motifs is 1. The zero-order chi connectivity index (χ0) is 20.9. The van der Waals surface area contributed by atoms with E-state index < -0.39 is 44.8 Å². The van der Waals surface area contributed by atoms with Crippen LogP contribution in [0.15, 0.2) is 46.8 Å². The molecule has 0 aliphatic carbocycles. The van der Waals surface area contributed by atoms with Gasteiger partial charge < -0.3 is 0 Å². The Morgan fingerprint density at radius 2 is 2.17 bits per heavy atom. The van der Waals surface area contributed by atoms with Crippen molar-refractivity contribution in [1.82, 2.24) is 20.9 Å². The van der Waals surface area contributed by atoms with Crippen molar-refractivity contribution in [3.63, 3.8) is 0 Å². The Morgan fingerprint density at radius 1 is 1.37 bits per heavy atom. The fraction of sp³-hybridized carbons (Fsp3) is 0.471. The van der Waals surface area contributed by atoms with E-state index in [2.05, 4.69) is 20.9 Å². The van der Waals surface area contributed by atoms with Crippen LogP contribution in [0, 0.1) is 0 Å². The van der Waals surface area contributed by atoms with E-state index in [9.17, 15) is 10.00 Å². The van der Waals surface area contributed by atoms with Gasteiger partial charge in [-0.25, -0.2) is 0 Å². The average Bonchev–Trinajstić information content (AvgIpc) is 3.25. The van der Waals surface area contributed by atoms with Crippen molar-refractivity contribution in [3.05, 3.63) is 47.4 Å². The molecule has 0 spiro atoms. The quantitative estimate of drug-likeness (QED) is 0.223. The molecule has 2 saturated heterocycles. The van der Waals surface area contributed by atoms with Crippen LogP contribution >= 0.6 is 7.82 Å². The van der Waals surface area contributed by atoms with Crippen molar-refractivity contribution in [2.24, 2.45) is 10.7 Å². The normalized spacial score (nSPS) is 37.9. The molecule has 11 nitrogen and oxygen atoms in total. The molecule has 13 heteroatoms. The van der Waals surface area contributed by atoms with Gasteiger partial charge in [0.1, 0.15) is 0 Å². The maximum absolute atomic E-state index is 11.0. The number of hydrogen-bond acceptors (Lipinski definition) is 11. The summed E-state index contributed by atoms with van der Waals surface area (Å²) in [5, 5.41) is 20.8. The summed E-state index contributed by atoms with van der Waals surface area (Å²) in [4.78, 5) is 16.5. The standard InChI is InChI=1S/C17H26BN6O5P/c18-30(26)27-7-10-13(29-30)12(25)16(28-10)24-15-11(14(19)21-8-22-15)23-17(24)20-6-9-4-2-1-3-5-9/h1-5,8,10,12-14,16-17,20,23,25-26,30H,6-7,18-19H2,(H,21,22)/t10?,12?,13-,14?,16?,17?/m1/s1. The molecule has 5 unspecified atom stereocenters. The third-order valence-corrected chi connectivity index (χ3v) is 7.02. The predicted molar refractivity (Wildman–Crippen MR) is 113 cm³/mol. The fourth-order valence-electron chi connectivity index (χ4n) is 4.15. The molecule has 30 heavy (non-hydrogen) atoms. The number of hydrogen-bond donors (Lipinski definition) is 6. The molecule has 1 aromatic rings. The van der Waals surface area contributed by atoms with Gasteiger partial charge in [0.15, 0.2) is 0 Å². The summed E-state index contributed by atoms with van der Waals surface area (Å²) in [6.45, 7) is 0.746. The summed E-state index contributed by atoms with van der Waals surface area (Å²) in [6.07, 6.45) is -2.28. The molecule has 0 radical (unpaired) electrons. The summed E-state index contributed by atoms with van der Waals surface area (Å²) >= 11 is 0. The van der Waals surface area contributed by atoms with Crippen molar-refractivity contribution in [2.75, 3.05) is 6.61 Å². The minimum atomic E-state index is -3.27. The first kappa shape index (κ1) is 20.2. The van der Waals surface area contributed by atoms with Gasteiger partial charge in [0, 0.05) is 0 Å². The van der Waals surface area contributed by atoms with Crippen molar-refractivity contribution >= 4 is 21.7 Å². The second-order valence-corrected chi connectivity index (χ2v) is 10.1. The number of aliphatic imine (C=N–C) groups is 1. The molecule has 0 saturated carbocycles. The minimum absolute atomic E-state index is 0.164. The molecule has 4 aliphatic rings. The van der Waals surface area contributed by atoms with Crippen LogP contribution in [0.3, 0.4) is 0 Å². The summed E-state index contributed by atoms with van der Waals surface area (Å²) in [6, 6.07) is 9.97. The average molecular weight is 436 g/mol. The van der Waals surface area contributed by atoms with Crippen LogP contribution in [0.1, 0.15) is 5.56 Å². The Balaban J connectivity index is 1.40. The SMILES string of the molecule is B[PH]1(O)OCC2OC(N3C4=C(NC3NCc3ccccc3)C(N)NC=N4)C(O)[C@@H]2O1. The first-order valence-corrected chi connectivity index (χ1v) is 12.2. The molecule has 0 aromatic heterocycles. The zero-order valence-electron chi connectivity index (χ0n) is 16.4. The van der Waals surface area contributed by atoms with E-state index in [4.69, 9.17) is 19.5 Å². The molecule has 4 heterocycles. The number of nitrogens with two attached hydrogens (primary N) is 1. The number of ether oxygens (including phenoxy) is 1. The van der Waals surface area contributed by atoms with Crippen molar-refractivity contribution in [3.8, 4) is 0 Å². The van der Waals surface area contributed by atoms with Crippen molar-refractivity contribution < 1.29 is 23.8 Å². The van der Waals surface area contributed by atoms with E-state index in [1.165, 1.54) is 13.9 Å². The monoisotopic (exact) mass is 436 g/mol. The third kappa shape index (κ3) is 3.59. The molecule has 0 amide bonds. The molecule has 2 fully saturated rings. The number of aliphatic hydroxyl groups is 1. The van der Waals surface area contributed by atoms with E-state index in [1.807, 2.05) is 35.2 Å². The molecule has 1 aromatic carbocycles. The van der Waals surface area contributed by atoms with E-state index in [1.54, 1.807) is 0 Å². The Bertz CT molecular complexity index is 860.